The van der Waals surface area contributed by atoms with Gasteiger partial charge in [0.2, 0.25) is 0 Å². The first kappa shape index (κ1) is 14.7. The van der Waals surface area contributed by atoms with Crippen LogP contribution in [0, 0.1) is 5.41 Å². The van der Waals surface area contributed by atoms with E-state index in [2.05, 4.69) is 26.8 Å². The number of carbonyl (C=O) groups excluding carboxylic acids is 1. The first-order chi connectivity index (χ1) is 8.20. The van der Waals surface area contributed by atoms with Crippen molar-refractivity contribution in [2.75, 3.05) is 7.05 Å². The summed E-state index contributed by atoms with van der Waals surface area (Å²) in [5.74, 6) is 0.0979. The molecule has 18 heavy (non-hydrogen) atoms. The molecule has 2 heteroatoms. The lowest BCUT2D eigenvalue weighted by atomic mass is 9.87. The van der Waals surface area contributed by atoms with E-state index in [0.717, 1.165) is 12.0 Å². The van der Waals surface area contributed by atoms with E-state index in [4.69, 9.17) is 0 Å². The van der Waals surface area contributed by atoms with Crippen LogP contribution in [-0.4, -0.2) is 23.9 Å². The normalized spacial score (nSPS) is 11.7. The van der Waals surface area contributed by atoms with Gasteiger partial charge in [-0.25, -0.2) is 0 Å². The number of carbonyl (C=O) groups is 1. The molecule has 0 radical (unpaired) electrons. The Balaban J connectivity index is 2.92. The minimum atomic E-state index is 0.0979. The molecule has 0 heterocycles. The molecule has 0 unspecified atom stereocenters. The van der Waals surface area contributed by atoms with Gasteiger partial charge in [-0.15, -0.1) is 0 Å². The Hall–Kier alpha value is -1.31. The quantitative estimate of drug-likeness (QED) is 0.796. The molecule has 0 saturated heterocycles. The van der Waals surface area contributed by atoms with Crippen LogP contribution in [0.15, 0.2) is 24.3 Å². The minimum Gasteiger partial charge on any atom is -0.339 e. The molecular weight excluding hydrogens is 222 g/mol. The summed E-state index contributed by atoms with van der Waals surface area (Å²) in [6.07, 6.45) is 0.986. The van der Waals surface area contributed by atoms with Crippen LogP contribution >= 0.6 is 0 Å². The van der Waals surface area contributed by atoms with Crippen LogP contribution in [0.3, 0.4) is 0 Å². The van der Waals surface area contributed by atoms with Gasteiger partial charge in [-0.1, -0.05) is 32.9 Å². The van der Waals surface area contributed by atoms with E-state index in [1.165, 1.54) is 5.56 Å². The summed E-state index contributed by atoms with van der Waals surface area (Å²) in [6.45, 7) is 10.7. The van der Waals surface area contributed by atoms with Crippen molar-refractivity contribution in [3.05, 3.63) is 35.4 Å². The van der Waals surface area contributed by atoms with Crippen molar-refractivity contribution in [1.29, 1.82) is 0 Å². The summed E-state index contributed by atoms with van der Waals surface area (Å²) in [7, 11) is 1.85. The highest BCUT2D eigenvalue weighted by atomic mass is 16.2. The van der Waals surface area contributed by atoms with Crippen molar-refractivity contribution in [3.8, 4) is 0 Å². The second-order valence-electron chi connectivity index (χ2n) is 6.45. The molecule has 0 atom stereocenters. The zero-order valence-corrected chi connectivity index (χ0v) is 12.4. The highest BCUT2D eigenvalue weighted by Crippen LogP contribution is 2.21. The molecule has 1 amide bonds. The summed E-state index contributed by atoms with van der Waals surface area (Å²) >= 11 is 0. The van der Waals surface area contributed by atoms with Crippen LogP contribution in [0.25, 0.3) is 0 Å². The van der Waals surface area contributed by atoms with Crippen molar-refractivity contribution >= 4 is 5.91 Å². The van der Waals surface area contributed by atoms with Gasteiger partial charge in [0.15, 0.2) is 0 Å². The maximum atomic E-state index is 12.2. The smallest absolute Gasteiger partial charge is 0.253 e. The second kappa shape index (κ2) is 5.55. The fourth-order valence-electron chi connectivity index (χ4n) is 1.86. The topological polar surface area (TPSA) is 20.3 Å². The molecular formula is C16H25NO. The molecule has 1 rings (SSSR count). The molecule has 0 bridgehead atoms. The van der Waals surface area contributed by atoms with Crippen molar-refractivity contribution in [1.82, 2.24) is 4.90 Å². The van der Waals surface area contributed by atoms with Gasteiger partial charge in [-0.3, -0.25) is 4.79 Å². The summed E-state index contributed by atoms with van der Waals surface area (Å²) in [6, 6.07) is 8.21. The van der Waals surface area contributed by atoms with Crippen molar-refractivity contribution < 1.29 is 4.79 Å². The summed E-state index contributed by atoms with van der Waals surface area (Å²) in [5.41, 5.74) is 2.25. The van der Waals surface area contributed by atoms with Gasteiger partial charge in [0.1, 0.15) is 0 Å². The van der Waals surface area contributed by atoms with Gasteiger partial charge in [-0.2, -0.15) is 0 Å². The Morgan fingerprint density at radius 1 is 1.28 bits per heavy atom. The van der Waals surface area contributed by atoms with Crippen molar-refractivity contribution in [3.63, 3.8) is 0 Å². The number of benzene rings is 1. The number of hydrogen-bond acceptors (Lipinski definition) is 1. The molecule has 0 spiro atoms. The largest absolute Gasteiger partial charge is 0.339 e. The zero-order chi connectivity index (χ0) is 13.9. The van der Waals surface area contributed by atoms with Crippen LogP contribution in [-0.2, 0) is 6.42 Å². The van der Waals surface area contributed by atoms with E-state index < -0.39 is 0 Å². The molecule has 0 aliphatic heterocycles. The average Bonchev–Trinajstić information content (AvgIpc) is 2.25. The number of amides is 1. The Morgan fingerprint density at radius 3 is 2.39 bits per heavy atom. The minimum absolute atomic E-state index is 0.0979. The van der Waals surface area contributed by atoms with E-state index in [0.29, 0.717) is 0 Å². The van der Waals surface area contributed by atoms with Crippen molar-refractivity contribution in [2.45, 2.75) is 47.1 Å². The highest BCUT2D eigenvalue weighted by molar-refractivity contribution is 5.94. The first-order valence-electron chi connectivity index (χ1n) is 6.57. The molecule has 0 aliphatic rings. The standard InChI is InChI=1S/C16H25NO/c1-12(2)17(6)15(18)14-9-7-8-13(10-14)11-16(3,4)5/h7-10,12H,11H2,1-6H3. The molecule has 2 nitrogen and oxygen atoms in total. The molecule has 1 aromatic carbocycles. The summed E-state index contributed by atoms with van der Waals surface area (Å²) in [5, 5.41) is 0. The van der Waals surface area contributed by atoms with Gasteiger partial charge >= 0.3 is 0 Å². The van der Waals surface area contributed by atoms with Gasteiger partial charge in [0.25, 0.3) is 5.91 Å². The summed E-state index contributed by atoms with van der Waals surface area (Å²) in [4.78, 5) is 14.0. The lowest BCUT2D eigenvalue weighted by Crippen LogP contribution is -2.33. The Kier molecular flexibility index (Phi) is 4.55. The SMILES string of the molecule is CC(C)N(C)C(=O)c1cccc(CC(C)(C)C)c1. The number of hydrogen-bond donors (Lipinski definition) is 0. The highest BCUT2D eigenvalue weighted by Gasteiger charge is 2.16. The van der Waals surface area contributed by atoms with Crippen LogP contribution in [0.5, 0.6) is 0 Å². The number of rotatable bonds is 3. The van der Waals surface area contributed by atoms with E-state index in [1.807, 2.05) is 39.1 Å². The lowest BCUT2D eigenvalue weighted by Gasteiger charge is -2.22. The third-order valence-electron chi connectivity index (χ3n) is 3.00. The maximum Gasteiger partial charge on any atom is 0.253 e. The fourth-order valence-corrected chi connectivity index (χ4v) is 1.86. The van der Waals surface area contributed by atoms with Crippen LogP contribution in [0.2, 0.25) is 0 Å². The first-order valence-corrected chi connectivity index (χ1v) is 6.57. The molecule has 100 valence electrons. The lowest BCUT2D eigenvalue weighted by molar-refractivity contribution is 0.0754. The fraction of sp³-hybridized carbons (Fsp3) is 0.562. The molecule has 0 aliphatic carbocycles. The van der Waals surface area contributed by atoms with Gasteiger partial charge in [0.05, 0.1) is 0 Å². The van der Waals surface area contributed by atoms with Gasteiger partial charge < -0.3 is 4.90 Å². The molecule has 0 fully saturated rings. The average molecular weight is 247 g/mol. The monoisotopic (exact) mass is 247 g/mol. The van der Waals surface area contributed by atoms with Crippen molar-refractivity contribution in [2.24, 2.45) is 5.41 Å². The molecule has 0 aromatic heterocycles. The van der Waals surface area contributed by atoms with E-state index in [-0.39, 0.29) is 17.4 Å². The zero-order valence-electron chi connectivity index (χ0n) is 12.4. The van der Waals surface area contributed by atoms with Gasteiger partial charge in [0, 0.05) is 18.7 Å². The third kappa shape index (κ3) is 4.17. The van der Waals surface area contributed by atoms with Crippen LogP contribution in [0.4, 0.5) is 0 Å². The predicted octanol–water partition coefficient (Wildman–Crippen LogP) is 3.76. The maximum absolute atomic E-state index is 12.2. The second-order valence-corrected chi connectivity index (χ2v) is 6.45. The van der Waals surface area contributed by atoms with E-state index in [9.17, 15) is 4.79 Å². The van der Waals surface area contributed by atoms with Gasteiger partial charge in [-0.05, 0) is 43.4 Å². The number of nitrogens with zero attached hydrogens (tertiary/aromatic N) is 1. The molecule has 0 saturated carbocycles. The molecule has 1 aromatic rings. The Morgan fingerprint density at radius 2 is 1.89 bits per heavy atom. The Labute approximate surface area is 111 Å². The van der Waals surface area contributed by atoms with Crippen LogP contribution < -0.4 is 0 Å². The van der Waals surface area contributed by atoms with E-state index in [1.54, 1.807) is 4.90 Å². The third-order valence-corrected chi connectivity index (χ3v) is 3.00. The van der Waals surface area contributed by atoms with E-state index >= 15 is 0 Å². The predicted molar refractivity (Wildman–Crippen MR) is 76.8 cm³/mol. The Bertz CT molecular complexity index is 415. The van der Waals surface area contributed by atoms with Crippen LogP contribution in [0.1, 0.15) is 50.5 Å². The molecule has 0 N–H and O–H groups in total. The summed E-state index contributed by atoms with van der Waals surface area (Å²) < 4.78 is 0.